The van der Waals surface area contributed by atoms with Crippen LogP contribution in [0.1, 0.15) is 42.7 Å². The standard InChI is InChI=1S/C29H36F2N4O/c30-23-9-5-21(6-10-23)27(22-7-11-24(31)12-8-22)3-1-18-35-19-17-33-28(4-2-20-36)29(35)34-26-15-13-25(32)14-16-26/h5-16,27-29,33-34,36H,1-4,17-20,32H2. The maximum Gasteiger partial charge on any atom is 0.123 e. The maximum atomic E-state index is 13.6. The van der Waals surface area contributed by atoms with Gasteiger partial charge in [0.05, 0.1) is 6.17 Å². The Bertz CT molecular complexity index is 1010. The molecule has 0 spiro atoms. The summed E-state index contributed by atoms with van der Waals surface area (Å²) in [6, 6.07) is 21.2. The molecular weight excluding hydrogens is 458 g/mol. The van der Waals surface area contributed by atoms with E-state index in [0.29, 0.717) is 0 Å². The van der Waals surface area contributed by atoms with E-state index < -0.39 is 0 Å². The van der Waals surface area contributed by atoms with Crippen molar-refractivity contribution >= 4 is 11.4 Å². The Kier molecular flexibility index (Phi) is 9.28. The zero-order valence-corrected chi connectivity index (χ0v) is 20.5. The van der Waals surface area contributed by atoms with E-state index in [1.54, 1.807) is 0 Å². The Hall–Kier alpha value is -3.00. The molecule has 0 radical (unpaired) electrons. The molecule has 1 fully saturated rings. The first kappa shape index (κ1) is 26.1. The molecule has 5 N–H and O–H groups in total. The molecule has 1 heterocycles. The van der Waals surface area contributed by atoms with Gasteiger partial charge in [-0.05, 0) is 85.3 Å². The highest BCUT2D eigenvalue weighted by molar-refractivity contribution is 5.51. The number of nitrogen functional groups attached to an aromatic ring is 1. The summed E-state index contributed by atoms with van der Waals surface area (Å²) >= 11 is 0. The molecule has 2 unspecified atom stereocenters. The van der Waals surface area contributed by atoms with Gasteiger partial charge in [0, 0.05) is 49.6 Å². The minimum atomic E-state index is -0.261. The molecule has 0 saturated carbocycles. The van der Waals surface area contributed by atoms with Crippen LogP contribution in [0.2, 0.25) is 0 Å². The van der Waals surface area contributed by atoms with Crippen molar-refractivity contribution in [3.63, 3.8) is 0 Å². The molecule has 1 aliphatic rings. The molecule has 7 heteroatoms. The quantitative estimate of drug-likeness (QED) is 0.284. The topological polar surface area (TPSA) is 73.5 Å². The molecule has 0 bridgehead atoms. The molecule has 3 aromatic carbocycles. The number of aliphatic hydroxyl groups is 1. The van der Waals surface area contributed by atoms with Gasteiger partial charge in [-0.3, -0.25) is 4.90 Å². The van der Waals surface area contributed by atoms with Crippen LogP contribution in [-0.4, -0.2) is 48.5 Å². The monoisotopic (exact) mass is 494 g/mol. The lowest BCUT2D eigenvalue weighted by atomic mass is 9.87. The van der Waals surface area contributed by atoms with E-state index in [-0.39, 0.29) is 36.4 Å². The summed E-state index contributed by atoms with van der Waals surface area (Å²) in [5.74, 6) is -0.464. The smallest absolute Gasteiger partial charge is 0.123 e. The Balaban J connectivity index is 1.47. The van der Waals surface area contributed by atoms with E-state index in [4.69, 9.17) is 5.73 Å². The second-order valence-electron chi connectivity index (χ2n) is 9.47. The van der Waals surface area contributed by atoms with E-state index in [0.717, 1.165) is 67.8 Å². The molecule has 0 amide bonds. The van der Waals surface area contributed by atoms with Crippen molar-refractivity contribution in [1.29, 1.82) is 0 Å². The number of nitrogens with zero attached hydrogens (tertiary/aromatic N) is 1. The van der Waals surface area contributed by atoms with Crippen molar-refractivity contribution in [1.82, 2.24) is 10.2 Å². The van der Waals surface area contributed by atoms with Gasteiger partial charge in [-0.2, -0.15) is 0 Å². The molecule has 3 aromatic rings. The van der Waals surface area contributed by atoms with E-state index in [2.05, 4.69) is 15.5 Å². The van der Waals surface area contributed by atoms with Crippen molar-refractivity contribution in [3.05, 3.63) is 95.6 Å². The van der Waals surface area contributed by atoms with Crippen molar-refractivity contribution in [2.45, 2.75) is 43.8 Å². The van der Waals surface area contributed by atoms with Gasteiger partial charge in [0.2, 0.25) is 0 Å². The van der Waals surface area contributed by atoms with Crippen molar-refractivity contribution < 1.29 is 13.9 Å². The van der Waals surface area contributed by atoms with Gasteiger partial charge in [0.15, 0.2) is 0 Å². The third kappa shape index (κ3) is 7.03. The summed E-state index contributed by atoms with van der Waals surface area (Å²) in [7, 11) is 0. The number of anilines is 2. The van der Waals surface area contributed by atoms with E-state index in [9.17, 15) is 13.9 Å². The largest absolute Gasteiger partial charge is 0.399 e. The Morgan fingerprint density at radius 2 is 1.53 bits per heavy atom. The van der Waals surface area contributed by atoms with Gasteiger partial charge in [-0.25, -0.2) is 8.78 Å². The Morgan fingerprint density at radius 3 is 2.11 bits per heavy atom. The molecule has 1 saturated heterocycles. The number of rotatable bonds is 11. The number of halogens is 2. The van der Waals surface area contributed by atoms with E-state index in [1.807, 2.05) is 48.5 Å². The normalized spacial score (nSPS) is 18.4. The number of hydrogen-bond donors (Lipinski definition) is 4. The van der Waals surface area contributed by atoms with Crippen LogP contribution in [0.3, 0.4) is 0 Å². The Morgan fingerprint density at radius 1 is 0.917 bits per heavy atom. The highest BCUT2D eigenvalue weighted by Crippen LogP contribution is 2.30. The van der Waals surface area contributed by atoms with Crippen LogP contribution in [-0.2, 0) is 0 Å². The minimum Gasteiger partial charge on any atom is -0.399 e. The number of piperazine rings is 1. The predicted octanol–water partition coefficient (Wildman–Crippen LogP) is 4.94. The average Bonchev–Trinajstić information content (AvgIpc) is 2.89. The summed E-state index contributed by atoms with van der Waals surface area (Å²) in [5.41, 5.74) is 9.66. The fourth-order valence-electron chi connectivity index (χ4n) is 5.08. The molecule has 192 valence electrons. The maximum absolute atomic E-state index is 13.6. The first-order valence-electron chi connectivity index (χ1n) is 12.7. The Labute approximate surface area is 212 Å². The number of aliphatic hydroxyl groups excluding tert-OH is 1. The van der Waals surface area contributed by atoms with Crippen LogP contribution in [0.4, 0.5) is 20.2 Å². The van der Waals surface area contributed by atoms with Crippen LogP contribution in [0.5, 0.6) is 0 Å². The number of hydrogen-bond acceptors (Lipinski definition) is 5. The van der Waals surface area contributed by atoms with Crippen LogP contribution < -0.4 is 16.4 Å². The lowest BCUT2D eigenvalue weighted by Crippen LogP contribution is -2.61. The molecule has 2 atom stereocenters. The average molecular weight is 495 g/mol. The van der Waals surface area contributed by atoms with Gasteiger partial charge in [0.1, 0.15) is 11.6 Å². The van der Waals surface area contributed by atoms with Crippen molar-refractivity contribution in [2.75, 3.05) is 37.3 Å². The third-order valence-electron chi connectivity index (χ3n) is 6.96. The SMILES string of the molecule is Nc1ccc(NC2C(CCCO)NCCN2CCCC(c2ccc(F)cc2)c2ccc(F)cc2)cc1. The van der Waals surface area contributed by atoms with Gasteiger partial charge >= 0.3 is 0 Å². The molecule has 0 aliphatic carbocycles. The van der Waals surface area contributed by atoms with Gasteiger partial charge < -0.3 is 21.5 Å². The third-order valence-corrected chi connectivity index (χ3v) is 6.96. The second-order valence-corrected chi connectivity index (χ2v) is 9.47. The first-order valence-corrected chi connectivity index (χ1v) is 12.7. The summed E-state index contributed by atoms with van der Waals surface area (Å²) in [4.78, 5) is 2.46. The van der Waals surface area contributed by atoms with Gasteiger partial charge in [0.25, 0.3) is 0 Å². The number of benzene rings is 3. The number of nitrogens with one attached hydrogen (secondary N) is 2. The van der Waals surface area contributed by atoms with Gasteiger partial charge in [-0.15, -0.1) is 0 Å². The van der Waals surface area contributed by atoms with Crippen molar-refractivity contribution in [2.24, 2.45) is 0 Å². The minimum absolute atomic E-state index is 0.0582. The van der Waals surface area contributed by atoms with Crippen molar-refractivity contribution in [3.8, 4) is 0 Å². The fourth-order valence-corrected chi connectivity index (χ4v) is 5.08. The summed E-state index contributed by atoms with van der Waals surface area (Å²) in [5, 5.41) is 16.7. The lowest BCUT2D eigenvalue weighted by Gasteiger charge is -2.43. The number of nitrogens with two attached hydrogens (primary N) is 1. The van der Waals surface area contributed by atoms with E-state index in [1.165, 1.54) is 24.3 Å². The highest BCUT2D eigenvalue weighted by atomic mass is 19.1. The lowest BCUT2D eigenvalue weighted by molar-refractivity contribution is 0.125. The molecule has 36 heavy (non-hydrogen) atoms. The summed E-state index contributed by atoms with van der Waals surface area (Å²) < 4.78 is 27.2. The van der Waals surface area contributed by atoms with Gasteiger partial charge in [-0.1, -0.05) is 24.3 Å². The molecule has 5 nitrogen and oxygen atoms in total. The van der Waals surface area contributed by atoms with Crippen LogP contribution in [0.25, 0.3) is 0 Å². The zero-order valence-electron chi connectivity index (χ0n) is 20.5. The zero-order chi connectivity index (χ0) is 25.3. The van der Waals surface area contributed by atoms with Crippen LogP contribution in [0.15, 0.2) is 72.8 Å². The first-order chi connectivity index (χ1) is 17.5. The molecular formula is C29H36F2N4O. The van der Waals surface area contributed by atoms with Crippen LogP contribution in [0, 0.1) is 11.6 Å². The molecule has 4 rings (SSSR count). The molecule has 1 aliphatic heterocycles. The second kappa shape index (κ2) is 12.8. The molecule has 0 aromatic heterocycles. The van der Waals surface area contributed by atoms with E-state index >= 15 is 0 Å². The summed E-state index contributed by atoms with van der Waals surface area (Å²) in [6.07, 6.45) is 3.46. The highest BCUT2D eigenvalue weighted by Gasteiger charge is 2.30. The predicted molar refractivity (Wildman–Crippen MR) is 142 cm³/mol. The summed E-state index contributed by atoms with van der Waals surface area (Å²) in [6.45, 7) is 2.84. The van der Waals surface area contributed by atoms with Crippen LogP contribution >= 0.6 is 0 Å². The fraction of sp³-hybridized carbons (Fsp3) is 0.379.